The molecule has 0 aliphatic heterocycles. The largest absolute Gasteiger partial charge is 0.459 e. The Morgan fingerprint density at radius 1 is 1.30 bits per heavy atom. The lowest BCUT2D eigenvalue weighted by Crippen LogP contribution is -2.34. The summed E-state index contributed by atoms with van der Waals surface area (Å²) in [5, 5.41) is 0. The van der Waals surface area contributed by atoms with E-state index in [1.54, 1.807) is 6.08 Å². The predicted octanol–water partition coefficient (Wildman–Crippen LogP) is 4.44. The Hall–Kier alpha value is -1.09. The molecule has 0 spiro atoms. The van der Waals surface area contributed by atoms with Crippen LogP contribution in [-0.4, -0.2) is 37.6 Å². The Morgan fingerprint density at radius 3 is 2.65 bits per heavy atom. The fourth-order valence-corrected chi connectivity index (χ4v) is 4.04. The monoisotopic (exact) mass is 321 g/mol. The molecule has 3 heteroatoms. The molecule has 1 saturated carbocycles. The van der Waals surface area contributed by atoms with Gasteiger partial charge in [0.2, 0.25) is 0 Å². The van der Waals surface area contributed by atoms with Gasteiger partial charge in [0.1, 0.15) is 6.10 Å². The quantitative estimate of drug-likeness (QED) is 0.376. The lowest BCUT2D eigenvalue weighted by atomic mass is 9.72. The number of ether oxygens (including phenoxy) is 1. The molecule has 23 heavy (non-hydrogen) atoms. The summed E-state index contributed by atoms with van der Waals surface area (Å²) in [6, 6.07) is 0. The zero-order valence-electron chi connectivity index (χ0n) is 15.6. The van der Waals surface area contributed by atoms with Gasteiger partial charge in [-0.05, 0) is 64.5 Å². The molecule has 1 aliphatic rings. The molecular formula is C20H35NO2. The number of nitrogens with zero attached hydrogens (tertiary/aromatic N) is 1. The van der Waals surface area contributed by atoms with Crippen LogP contribution in [0.2, 0.25) is 0 Å². The summed E-state index contributed by atoms with van der Waals surface area (Å²) in [6.07, 6.45) is 12.8. The lowest BCUT2D eigenvalue weighted by molar-refractivity contribution is -0.145. The SMILES string of the molecule is C/C=C/C=C/C(=O)OC1CCCC([C@@H](CC)[C@H](C)CN(C)C)C1. The van der Waals surface area contributed by atoms with Crippen LogP contribution in [0.1, 0.15) is 52.9 Å². The van der Waals surface area contributed by atoms with E-state index in [0.717, 1.165) is 25.3 Å². The van der Waals surface area contributed by atoms with Gasteiger partial charge in [0.25, 0.3) is 0 Å². The van der Waals surface area contributed by atoms with Gasteiger partial charge in [0, 0.05) is 12.6 Å². The first-order valence-electron chi connectivity index (χ1n) is 9.12. The summed E-state index contributed by atoms with van der Waals surface area (Å²) in [6.45, 7) is 7.72. The van der Waals surface area contributed by atoms with Gasteiger partial charge in [0.05, 0.1) is 0 Å². The third-order valence-electron chi connectivity index (χ3n) is 4.95. The summed E-state index contributed by atoms with van der Waals surface area (Å²) >= 11 is 0. The fourth-order valence-electron chi connectivity index (χ4n) is 4.04. The van der Waals surface area contributed by atoms with Gasteiger partial charge < -0.3 is 9.64 Å². The first kappa shape index (κ1) is 20.0. The lowest BCUT2D eigenvalue weighted by Gasteiger charge is -2.37. The molecule has 1 aliphatic carbocycles. The number of rotatable bonds is 8. The molecule has 4 atom stereocenters. The molecule has 1 fully saturated rings. The highest BCUT2D eigenvalue weighted by molar-refractivity contribution is 5.82. The maximum absolute atomic E-state index is 11.9. The van der Waals surface area contributed by atoms with E-state index in [9.17, 15) is 4.79 Å². The molecule has 0 aromatic heterocycles. The van der Waals surface area contributed by atoms with Crippen molar-refractivity contribution in [1.29, 1.82) is 0 Å². The molecular weight excluding hydrogens is 286 g/mol. The van der Waals surface area contributed by atoms with Crippen LogP contribution in [0.3, 0.4) is 0 Å². The predicted molar refractivity (Wildman–Crippen MR) is 97.3 cm³/mol. The smallest absolute Gasteiger partial charge is 0.331 e. The van der Waals surface area contributed by atoms with Crippen molar-refractivity contribution >= 4 is 5.97 Å². The molecule has 0 aromatic rings. The van der Waals surface area contributed by atoms with Gasteiger partial charge in [-0.1, -0.05) is 38.5 Å². The minimum Gasteiger partial charge on any atom is -0.459 e. The van der Waals surface area contributed by atoms with Gasteiger partial charge in [-0.2, -0.15) is 0 Å². The minimum absolute atomic E-state index is 0.0945. The molecule has 3 nitrogen and oxygen atoms in total. The van der Waals surface area contributed by atoms with Crippen LogP contribution >= 0.6 is 0 Å². The van der Waals surface area contributed by atoms with E-state index < -0.39 is 0 Å². The number of esters is 1. The van der Waals surface area contributed by atoms with Crippen molar-refractivity contribution in [3.8, 4) is 0 Å². The maximum atomic E-state index is 11.9. The summed E-state index contributed by atoms with van der Waals surface area (Å²) < 4.78 is 5.65. The van der Waals surface area contributed by atoms with E-state index in [2.05, 4.69) is 32.8 Å². The molecule has 0 bridgehead atoms. The van der Waals surface area contributed by atoms with Gasteiger partial charge >= 0.3 is 5.97 Å². The standard InChI is InChI=1S/C20H35NO2/c1-6-8-9-13-20(22)23-18-12-10-11-17(14-18)19(7-2)16(3)15-21(4)5/h6,8-9,13,16-19H,7,10-12,14-15H2,1-5H3/b8-6+,13-9+/t16-,17?,18?,19+/m1/s1. The molecule has 0 N–H and O–H groups in total. The van der Waals surface area contributed by atoms with Crippen molar-refractivity contribution in [2.75, 3.05) is 20.6 Å². The van der Waals surface area contributed by atoms with E-state index in [-0.39, 0.29) is 12.1 Å². The van der Waals surface area contributed by atoms with Crippen molar-refractivity contribution in [3.05, 3.63) is 24.3 Å². The fraction of sp³-hybridized carbons (Fsp3) is 0.750. The number of hydrogen-bond acceptors (Lipinski definition) is 3. The topological polar surface area (TPSA) is 29.5 Å². The van der Waals surface area contributed by atoms with Gasteiger partial charge in [0.15, 0.2) is 0 Å². The van der Waals surface area contributed by atoms with E-state index in [0.29, 0.717) is 11.8 Å². The second-order valence-electron chi connectivity index (χ2n) is 7.18. The van der Waals surface area contributed by atoms with Crippen LogP contribution in [0, 0.1) is 17.8 Å². The van der Waals surface area contributed by atoms with Crippen molar-refractivity contribution < 1.29 is 9.53 Å². The second kappa shape index (κ2) is 10.6. The molecule has 0 aromatic carbocycles. The van der Waals surface area contributed by atoms with Crippen LogP contribution in [0.25, 0.3) is 0 Å². The number of carbonyl (C=O) groups is 1. The highest BCUT2D eigenvalue weighted by Crippen LogP contribution is 2.37. The van der Waals surface area contributed by atoms with Crippen LogP contribution in [0.4, 0.5) is 0 Å². The van der Waals surface area contributed by atoms with E-state index >= 15 is 0 Å². The number of carbonyl (C=O) groups excluding carboxylic acids is 1. The normalized spacial score (nSPS) is 25.1. The van der Waals surface area contributed by atoms with Gasteiger partial charge in [-0.15, -0.1) is 0 Å². The summed E-state index contributed by atoms with van der Waals surface area (Å²) in [7, 11) is 4.29. The summed E-state index contributed by atoms with van der Waals surface area (Å²) in [5.74, 6) is 1.88. The molecule has 2 unspecified atom stereocenters. The van der Waals surface area contributed by atoms with Crippen molar-refractivity contribution in [1.82, 2.24) is 4.90 Å². The average molecular weight is 322 g/mol. The van der Waals surface area contributed by atoms with E-state index in [1.807, 2.05) is 19.1 Å². The molecule has 132 valence electrons. The zero-order chi connectivity index (χ0) is 17.2. The van der Waals surface area contributed by atoms with Gasteiger partial charge in [-0.3, -0.25) is 0 Å². The highest BCUT2D eigenvalue weighted by Gasteiger charge is 2.32. The Kier molecular flexibility index (Phi) is 9.23. The third-order valence-corrected chi connectivity index (χ3v) is 4.95. The first-order chi connectivity index (χ1) is 11.0. The number of allylic oxidation sites excluding steroid dienone is 3. The van der Waals surface area contributed by atoms with E-state index in [1.165, 1.54) is 25.3 Å². The van der Waals surface area contributed by atoms with Crippen molar-refractivity contribution in [2.45, 2.75) is 59.0 Å². The van der Waals surface area contributed by atoms with Gasteiger partial charge in [-0.25, -0.2) is 4.79 Å². The molecule has 0 heterocycles. The van der Waals surface area contributed by atoms with Crippen LogP contribution < -0.4 is 0 Å². The highest BCUT2D eigenvalue weighted by atomic mass is 16.5. The molecule has 0 radical (unpaired) electrons. The van der Waals surface area contributed by atoms with Crippen LogP contribution in [0.15, 0.2) is 24.3 Å². The Morgan fingerprint density at radius 2 is 2.04 bits per heavy atom. The van der Waals surface area contributed by atoms with E-state index in [4.69, 9.17) is 4.74 Å². The minimum atomic E-state index is -0.205. The van der Waals surface area contributed by atoms with Crippen LogP contribution in [0.5, 0.6) is 0 Å². The first-order valence-corrected chi connectivity index (χ1v) is 9.12. The van der Waals surface area contributed by atoms with Crippen molar-refractivity contribution in [2.24, 2.45) is 17.8 Å². The van der Waals surface area contributed by atoms with Crippen molar-refractivity contribution in [3.63, 3.8) is 0 Å². The Balaban J connectivity index is 2.56. The second-order valence-corrected chi connectivity index (χ2v) is 7.18. The zero-order valence-corrected chi connectivity index (χ0v) is 15.6. The average Bonchev–Trinajstić information content (AvgIpc) is 2.48. The Bertz CT molecular complexity index is 400. The molecule has 0 amide bonds. The molecule has 0 saturated heterocycles. The Labute approximate surface area is 142 Å². The molecule has 1 rings (SSSR count). The third kappa shape index (κ3) is 7.34. The van der Waals surface area contributed by atoms with Crippen LogP contribution in [-0.2, 0) is 9.53 Å². The summed E-state index contributed by atoms with van der Waals surface area (Å²) in [5.41, 5.74) is 0. The number of hydrogen-bond donors (Lipinski definition) is 0. The summed E-state index contributed by atoms with van der Waals surface area (Å²) in [4.78, 5) is 14.1. The maximum Gasteiger partial charge on any atom is 0.331 e.